The van der Waals surface area contributed by atoms with E-state index in [1.54, 1.807) is 6.07 Å². The van der Waals surface area contributed by atoms with E-state index in [0.717, 1.165) is 5.56 Å². The monoisotopic (exact) mass is 198 g/mol. The second-order valence-corrected chi connectivity index (χ2v) is 3.19. The number of hydrogen-bond acceptors (Lipinski definition) is 2. The van der Waals surface area contributed by atoms with Crippen molar-refractivity contribution in [1.82, 2.24) is 4.98 Å². The van der Waals surface area contributed by atoms with Crippen LogP contribution in [0.25, 0.3) is 0 Å². The van der Waals surface area contributed by atoms with E-state index >= 15 is 0 Å². The lowest BCUT2D eigenvalue weighted by Gasteiger charge is -2.10. The van der Waals surface area contributed by atoms with Gasteiger partial charge in [0.05, 0.1) is 0 Å². The number of nitrogens with zero attached hydrogens (tertiary/aromatic N) is 2. The highest BCUT2D eigenvalue weighted by molar-refractivity contribution is 6.31. The molecule has 0 bridgehead atoms. The van der Waals surface area contributed by atoms with Crippen LogP contribution in [0.1, 0.15) is 5.56 Å². The Morgan fingerprint density at radius 2 is 2.46 bits per heavy atom. The van der Waals surface area contributed by atoms with Crippen molar-refractivity contribution in [3.05, 3.63) is 22.8 Å². The molecule has 0 saturated heterocycles. The van der Waals surface area contributed by atoms with Crippen molar-refractivity contribution in [3.8, 4) is 0 Å². The zero-order valence-electron chi connectivity index (χ0n) is 6.70. The molecule has 2 heterocycles. The van der Waals surface area contributed by atoms with E-state index in [0.29, 0.717) is 23.8 Å². The molecule has 2 rings (SSSR count). The third-order valence-electron chi connectivity index (χ3n) is 2.05. The first-order valence-corrected chi connectivity index (χ1v) is 4.22. The molecule has 0 atom stereocenters. The highest BCUT2D eigenvalue weighted by atomic mass is 35.5. The van der Waals surface area contributed by atoms with Crippen LogP contribution in [-0.4, -0.2) is 22.7 Å². The van der Waals surface area contributed by atoms with Crippen LogP contribution < -0.4 is 4.90 Å². The molecule has 1 aliphatic rings. The van der Waals surface area contributed by atoms with Gasteiger partial charge in [-0.2, -0.15) is 0 Å². The smallest absolute Gasteiger partial charge is 0.413 e. The van der Waals surface area contributed by atoms with Crippen LogP contribution >= 0.6 is 11.6 Å². The van der Waals surface area contributed by atoms with E-state index in [2.05, 4.69) is 4.98 Å². The van der Waals surface area contributed by atoms with Crippen molar-refractivity contribution in [3.63, 3.8) is 0 Å². The van der Waals surface area contributed by atoms with Crippen molar-refractivity contribution in [2.75, 3.05) is 11.4 Å². The van der Waals surface area contributed by atoms with Gasteiger partial charge in [-0.3, -0.25) is 4.90 Å². The maximum atomic E-state index is 10.7. The summed E-state index contributed by atoms with van der Waals surface area (Å²) in [6, 6.07) is 1.67. The van der Waals surface area contributed by atoms with E-state index < -0.39 is 6.09 Å². The predicted octanol–water partition coefficient (Wildman–Crippen LogP) is 1.78. The van der Waals surface area contributed by atoms with Crippen LogP contribution in [-0.2, 0) is 6.42 Å². The summed E-state index contributed by atoms with van der Waals surface area (Å²) in [5.74, 6) is 0.472. The Labute approximate surface area is 79.8 Å². The average Bonchev–Trinajstić information content (AvgIpc) is 2.48. The number of carboxylic acid groups (broad SMARTS) is 1. The molecule has 68 valence electrons. The van der Waals surface area contributed by atoms with Crippen molar-refractivity contribution >= 4 is 23.5 Å². The van der Waals surface area contributed by atoms with Crippen LogP contribution in [0.5, 0.6) is 0 Å². The molecule has 0 fully saturated rings. The van der Waals surface area contributed by atoms with Crippen LogP contribution in [0.4, 0.5) is 10.6 Å². The minimum atomic E-state index is -0.978. The lowest BCUT2D eigenvalue weighted by molar-refractivity contribution is 0.202. The molecule has 0 saturated carbocycles. The Kier molecular flexibility index (Phi) is 1.84. The van der Waals surface area contributed by atoms with Gasteiger partial charge in [-0.1, -0.05) is 11.6 Å². The number of carbonyl (C=O) groups is 1. The molecule has 1 aliphatic heterocycles. The molecule has 1 aromatic heterocycles. The highest BCUT2D eigenvalue weighted by Gasteiger charge is 2.26. The summed E-state index contributed by atoms with van der Waals surface area (Å²) in [5.41, 5.74) is 0.826. The van der Waals surface area contributed by atoms with Gasteiger partial charge in [0.1, 0.15) is 5.82 Å². The van der Waals surface area contributed by atoms with Gasteiger partial charge in [-0.25, -0.2) is 9.78 Å². The van der Waals surface area contributed by atoms with Crippen LogP contribution in [0, 0.1) is 0 Å². The summed E-state index contributed by atoms with van der Waals surface area (Å²) >= 11 is 5.88. The quantitative estimate of drug-likeness (QED) is 0.691. The summed E-state index contributed by atoms with van der Waals surface area (Å²) in [5, 5.41) is 9.39. The summed E-state index contributed by atoms with van der Waals surface area (Å²) in [7, 11) is 0. The average molecular weight is 199 g/mol. The molecular formula is C8H7ClN2O2. The Hall–Kier alpha value is -1.29. The molecule has 1 aromatic rings. The number of pyridine rings is 1. The minimum Gasteiger partial charge on any atom is -0.465 e. The van der Waals surface area contributed by atoms with Crippen LogP contribution in [0.2, 0.25) is 5.02 Å². The van der Waals surface area contributed by atoms with Gasteiger partial charge in [-0.15, -0.1) is 0 Å². The molecule has 0 aromatic carbocycles. The number of amides is 1. The fourth-order valence-corrected chi connectivity index (χ4v) is 1.67. The zero-order valence-corrected chi connectivity index (χ0v) is 7.45. The van der Waals surface area contributed by atoms with Gasteiger partial charge < -0.3 is 5.11 Å². The molecule has 1 amide bonds. The first kappa shape index (κ1) is 8.31. The van der Waals surface area contributed by atoms with E-state index in [9.17, 15) is 4.79 Å². The highest BCUT2D eigenvalue weighted by Crippen LogP contribution is 2.30. The summed E-state index contributed by atoms with van der Waals surface area (Å²) in [6.07, 6.45) is 1.19. The molecule has 0 unspecified atom stereocenters. The molecule has 13 heavy (non-hydrogen) atoms. The lowest BCUT2D eigenvalue weighted by atomic mass is 10.2. The number of aromatic nitrogens is 1. The lowest BCUT2D eigenvalue weighted by Crippen LogP contribution is -2.27. The van der Waals surface area contributed by atoms with E-state index in [-0.39, 0.29) is 0 Å². The summed E-state index contributed by atoms with van der Waals surface area (Å²) in [6.45, 7) is 0.446. The number of anilines is 1. The zero-order chi connectivity index (χ0) is 9.42. The third kappa shape index (κ3) is 1.23. The van der Waals surface area contributed by atoms with E-state index in [4.69, 9.17) is 16.7 Å². The Bertz CT molecular complexity index is 367. The van der Waals surface area contributed by atoms with Crippen LogP contribution in [0.3, 0.4) is 0 Å². The first-order valence-electron chi connectivity index (χ1n) is 3.84. The van der Waals surface area contributed by atoms with Crippen LogP contribution in [0.15, 0.2) is 12.3 Å². The van der Waals surface area contributed by atoms with Crippen molar-refractivity contribution in [1.29, 1.82) is 0 Å². The van der Waals surface area contributed by atoms with Gasteiger partial charge in [0.25, 0.3) is 0 Å². The first-order chi connectivity index (χ1) is 6.20. The molecule has 5 heteroatoms. The second-order valence-electron chi connectivity index (χ2n) is 2.78. The second kappa shape index (κ2) is 2.88. The SMILES string of the molecule is O=C(O)N1CCc2c(Cl)ccnc21. The standard InChI is InChI=1S/C8H7ClN2O2/c9-6-1-3-10-7-5(6)2-4-11(7)8(12)13/h1,3H,2,4H2,(H,12,13). The predicted molar refractivity (Wildman–Crippen MR) is 48.3 cm³/mol. The maximum absolute atomic E-state index is 10.7. The number of halogens is 1. The van der Waals surface area contributed by atoms with Gasteiger partial charge >= 0.3 is 6.09 Å². The number of fused-ring (bicyclic) bond motifs is 1. The molecular weight excluding hydrogens is 192 g/mol. The van der Waals surface area contributed by atoms with Gasteiger partial charge in [0, 0.05) is 23.3 Å². The number of rotatable bonds is 0. The fourth-order valence-electron chi connectivity index (χ4n) is 1.44. The summed E-state index contributed by atoms with van der Waals surface area (Å²) < 4.78 is 0. The Morgan fingerprint density at radius 1 is 1.69 bits per heavy atom. The van der Waals surface area contributed by atoms with Gasteiger partial charge in [0.2, 0.25) is 0 Å². The van der Waals surface area contributed by atoms with Crippen molar-refractivity contribution in [2.24, 2.45) is 0 Å². The fraction of sp³-hybridized carbons (Fsp3) is 0.250. The Morgan fingerprint density at radius 3 is 3.15 bits per heavy atom. The molecule has 1 N–H and O–H groups in total. The molecule has 0 spiro atoms. The summed E-state index contributed by atoms with van der Waals surface area (Å²) in [4.78, 5) is 15.9. The maximum Gasteiger partial charge on any atom is 0.413 e. The van der Waals surface area contributed by atoms with Crippen molar-refractivity contribution in [2.45, 2.75) is 6.42 Å². The normalized spacial score (nSPS) is 14.4. The van der Waals surface area contributed by atoms with E-state index in [1.165, 1.54) is 11.1 Å². The molecule has 0 radical (unpaired) electrons. The van der Waals surface area contributed by atoms with E-state index in [1.807, 2.05) is 0 Å². The third-order valence-corrected chi connectivity index (χ3v) is 2.40. The van der Waals surface area contributed by atoms with Gasteiger partial charge in [-0.05, 0) is 12.5 Å². The topological polar surface area (TPSA) is 53.4 Å². The largest absolute Gasteiger partial charge is 0.465 e. The van der Waals surface area contributed by atoms with Crippen molar-refractivity contribution < 1.29 is 9.90 Å². The number of hydrogen-bond donors (Lipinski definition) is 1. The Balaban J connectivity index is 2.49. The minimum absolute atomic E-state index is 0.446. The van der Waals surface area contributed by atoms with Gasteiger partial charge in [0.15, 0.2) is 0 Å². The molecule has 4 nitrogen and oxygen atoms in total. The molecule has 0 aliphatic carbocycles.